The van der Waals surface area contributed by atoms with Gasteiger partial charge in [0, 0.05) is 11.5 Å². The molecule has 2 atom stereocenters. The first-order valence-corrected chi connectivity index (χ1v) is 5.43. The number of rotatable bonds is 2. The van der Waals surface area contributed by atoms with Gasteiger partial charge in [0.2, 0.25) is 0 Å². The van der Waals surface area contributed by atoms with Gasteiger partial charge in [0.15, 0.2) is 9.87 Å². The van der Waals surface area contributed by atoms with Crippen LogP contribution in [0.25, 0.3) is 0 Å². The summed E-state index contributed by atoms with van der Waals surface area (Å²) in [7, 11) is 0. The van der Waals surface area contributed by atoms with Crippen molar-refractivity contribution in [2.24, 2.45) is 0 Å². The molecule has 15 heavy (non-hydrogen) atoms. The third kappa shape index (κ3) is 3.39. The quantitative estimate of drug-likeness (QED) is 0.490. The number of carboxylic acids is 2. The van der Waals surface area contributed by atoms with Crippen LogP contribution >= 0.6 is 23.5 Å². The van der Waals surface area contributed by atoms with E-state index in [0.717, 1.165) is 0 Å². The van der Waals surface area contributed by atoms with E-state index >= 15 is 0 Å². The minimum absolute atomic E-state index is 0. The predicted molar refractivity (Wildman–Crippen MR) is 50.6 cm³/mol. The van der Waals surface area contributed by atoms with Crippen molar-refractivity contribution in [3.8, 4) is 0 Å². The Balaban J connectivity index is 0.00000196. The summed E-state index contributed by atoms with van der Waals surface area (Å²) in [5, 5.41) is 39.5. The van der Waals surface area contributed by atoms with Crippen molar-refractivity contribution in [3.05, 3.63) is 0 Å². The Labute approximate surface area is 123 Å². The molecule has 80 valence electrons. The number of carbonyl (C=O) groups excluding carboxylic acids is 2. The molecule has 6 nitrogen and oxygen atoms in total. The minimum Gasteiger partial charge on any atom is -0.546 e. The van der Waals surface area contributed by atoms with Gasteiger partial charge in [0.1, 0.15) is 0 Å². The van der Waals surface area contributed by atoms with Crippen molar-refractivity contribution in [1.29, 1.82) is 0 Å². The van der Waals surface area contributed by atoms with E-state index in [4.69, 9.17) is 0 Å². The Morgan fingerprint density at radius 2 is 1.27 bits per heavy atom. The molecule has 1 fully saturated rings. The van der Waals surface area contributed by atoms with E-state index in [0.29, 0.717) is 23.5 Å². The van der Waals surface area contributed by atoms with Crippen molar-refractivity contribution in [3.63, 3.8) is 0 Å². The molecular formula is C6H6CaO6S2. The van der Waals surface area contributed by atoms with Gasteiger partial charge < -0.3 is 30.0 Å². The van der Waals surface area contributed by atoms with Gasteiger partial charge in [-0.2, -0.15) is 0 Å². The molecule has 2 unspecified atom stereocenters. The number of thioether (sulfide) groups is 2. The molecule has 9 heteroatoms. The summed E-state index contributed by atoms with van der Waals surface area (Å²) in [6.07, 6.45) is 0. The second-order valence-electron chi connectivity index (χ2n) is 2.72. The van der Waals surface area contributed by atoms with Crippen LogP contribution in [0.5, 0.6) is 0 Å². The molecule has 0 radical (unpaired) electrons. The van der Waals surface area contributed by atoms with Gasteiger partial charge in [0.25, 0.3) is 0 Å². The molecule has 0 spiro atoms. The molecule has 0 aromatic carbocycles. The standard InChI is InChI=1S/C6H8O6S2.Ca/c7-3(8)5(11)1-13-6(12,2-14-5)4(9)10;/h11-12H,1-2H2,(H,7,8)(H,9,10);/q;+2/p-2. The maximum absolute atomic E-state index is 10.4. The summed E-state index contributed by atoms with van der Waals surface area (Å²) in [6, 6.07) is 0. The zero-order valence-electron chi connectivity index (χ0n) is 7.47. The van der Waals surface area contributed by atoms with Gasteiger partial charge >= 0.3 is 37.7 Å². The number of aliphatic hydroxyl groups is 2. The van der Waals surface area contributed by atoms with Gasteiger partial charge in [-0.15, -0.1) is 23.5 Å². The maximum Gasteiger partial charge on any atom is 2.00 e. The summed E-state index contributed by atoms with van der Waals surface area (Å²) in [5.74, 6) is -4.33. The predicted octanol–water partition coefficient (Wildman–Crippen LogP) is -4.04. The zero-order valence-corrected chi connectivity index (χ0v) is 11.3. The first-order valence-electron chi connectivity index (χ1n) is 3.46. The Hall–Kier alpha value is 0.820. The van der Waals surface area contributed by atoms with Crippen LogP contribution in [0.3, 0.4) is 0 Å². The molecule has 0 amide bonds. The fourth-order valence-electron chi connectivity index (χ4n) is 0.753. The van der Waals surface area contributed by atoms with Crippen LogP contribution in [-0.2, 0) is 9.59 Å². The molecule has 0 bridgehead atoms. The monoisotopic (exact) mass is 278 g/mol. The van der Waals surface area contributed by atoms with E-state index < -0.39 is 33.3 Å². The normalized spacial score (nSPS) is 35.3. The van der Waals surface area contributed by atoms with Crippen molar-refractivity contribution in [1.82, 2.24) is 0 Å². The molecule has 1 rings (SSSR count). The summed E-state index contributed by atoms with van der Waals surface area (Å²) in [5.41, 5.74) is 0. The number of aliphatic carboxylic acids is 2. The Morgan fingerprint density at radius 3 is 1.40 bits per heavy atom. The summed E-state index contributed by atoms with van der Waals surface area (Å²) in [4.78, 5) is 16.5. The van der Waals surface area contributed by atoms with Crippen LogP contribution in [0, 0.1) is 0 Å². The van der Waals surface area contributed by atoms with Crippen LogP contribution in [0.1, 0.15) is 0 Å². The molecule has 1 aliphatic heterocycles. The molecule has 1 saturated heterocycles. The maximum atomic E-state index is 10.4. The summed E-state index contributed by atoms with van der Waals surface area (Å²) in [6.45, 7) is 0. The van der Waals surface area contributed by atoms with Gasteiger partial charge in [-0.1, -0.05) is 0 Å². The Kier molecular flexibility index (Phi) is 5.73. The molecule has 0 aliphatic carbocycles. The van der Waals surface area contributed by atoms with E-state index in [2.05, 4.69) is 0 Å². The number of hydrogen-bond donors (Lipinski definition) is 2. The first-order chi connectivity index (χ1) is 6.30. The van der Waals surface area contributed by atoms with Gasteiger partial charge in [0.05, 0.1) is 11.9 Å². The van der Waals surface area contributed by atoms with Crippen molar-refractivity contribution in [2.75, 3.05) is 11.5 Å². The van der Waals surface area contributed by atoms with Crippen LogP contribution in [0.15, 0.2) is 0 Å². The largest absolute Gasteiger partial charge is 2.00 e. The van der Waals surface area contributed by atoms with E-state index in [1.54, 1.807) is 0 Å². The zero-order chi connectivity index (χ0) is 11.0. The molecule has 0 aromatic rings. The molecule has 2 N–H and O–H groups in total. The van der Waals surface area contributed by atoms with Crippen LogP contribution < -0.4 is 10.2 Å². The fourth-order valence-corrected chi connectivity index (χ4v) is 3.11. The van der Waals surface area contributed by atoms with E-state index in [1.807, 2.05) is 0 Å². The van der Waals surface area contributed by atoms with Gasteiger partial charge in [-0.05, 0) is 0 Å². The van der Waals surface area contributed by atoms with Gasteiger partial charge in [-0.3, -0.25) is 0 Å². The third-order valence-electron chi connectivity index (χ3n) is 1.65. The molecule has 0 saturated carbocycles. The SMILES string of the molecule is O=C([O-])C1(O)CSC(O)(C(=O)[O-])CS1.[Ca+2]. The molecule has 1 heterocycles. The smallest absolute Gasteiger partial charge is 0.546 e. The van der Waals surface area contributed by atoms with Crippen LogP contribution in [0.4, 0.5) is 0 Å². The second kappa shape index (κ2) is 5.44. The van der Waals surface area contributed by atoms with E-state index in [-0.39, 0.29) is 37.7 Å². The summed E-state index contributed by atoms with van der Waals surface area (Å²) < 4.78 is 0. The Morgan fingerprint density at radius 1 is 1.00 bits per heavy atom. The average Bonchev–Trinajstić information content (AvgIpc) is 2.10. The molecule has 1 aliphatic rings. The van der Waals surface area contributed by atoms with Crippen molar-refractivity contribution < 1.29 is 30.0 Å². The van der Waals surface area contributed by atoms with Crippen molar-refractivity contribution >= 4 is 73.2 Å². The summed E-state index contributed by atoms with van der Waals surface area (Å²) >= 11 is 0.821. The number of carbonyl (C=O) groups is 2. The minimum atomic E-state index is -2.15. The fraction of sp³-hybridized carbons (Fsp3) is 0.667. The van der Waals surface area contributed by atoms with Crippen LogP contribution in [-0.4, -0.2) is 81.3 Å². The third-order valence-corrected chi connectivity index (χ3v) is 4.72. The topological polar surface area (TPSA) is 121 Å². The van der Waals surface area contributed by atoms with Gasteiger partial charge in [-0.25, -0.2) is 0 Å². The first kappa shape index (κ1) is 15.8. The number of hydrogen-bond acceptors (Lipinski definition) is 8. The van der Waals surface area contributed by atoms with E-state index in [1.165, 1.54) is 0 Å². The second-order valence-corrected chi connectivity index (χ2v) is 5.23. The Bertz CT molecular complexity index is 247. The van der Waals surface area contributed by atoms with E-state index in [9.17, 15) is 30.0 Å². The van der Waals surface area contributed by atoms with Crippen molar-refractivity contribution in [2.45, 2.75) is 9.87 Å². The molecular weight excluding hydrogens is 272 g/mol. The number of carboxylic acid groups (broad SMARTS) is 2. The van der Waals surface area contributed by atoms with Crippen LogP contribution in [0.2, 0.25) is 0 Å². The molecule has 0 aromatic heterocycles. The average molecular weight is 278 g/mol.